The number of hydrogen-bond acceptors (Lipinski definition) is 2. The third-order valence-electron chi connectivity index (χ3n) is 3.67. The third kappa shape index (κ3) is 3.53. The normalized spacial score (nSPS) is 13.4. The second-order valence-electron chi connectivity index (χ2n) is 5.19. The first-order chi connectivity index (χ1) is 10.9. The van der Waals surface area contributed by atoms with E-state index in [9.17, 15) is 18.0 Å². The summed E-state index contributed by atoms with van der Waals surface area (Å²) >= 11 is 0. The van der Waals surface area contributed by atoms with Gasteiger partial charge < -0.3 is 10.1 Å². The molecule has 2 aromatic carbocycles. The number of carbonyl (C=O) groups excluding carboxylic acids is 1. The Hall–Kier alpha value is -2.34. The molecule has 1 atom stereocenters. The predicted octanol–water partition coefficient (Wildman–Crippen LogP) is 3.40. The summed E-state index contributed by atoms with van der Waals surface area (Å²) in [4.78, 5) is 12.0. The summed E-state index contributed by atoms with van der Waals surface area (Å²) in [6.07, 6.45) is 0. The van der Waals surface area contributed by atoms with Crippen molar-refractivity contribution in [1.29, 1.82) is 0 Å². The van der Waals surface area contributed by atoms with Crippen LogP contribution in [0.1, 0.15) is 22.8 Å². The Morgan fingerprint density at radius 1 is 1.04 bits per heavy atom. The summed E-state index contributed by atoms with van der Waals surface area (Å²) in [5.74, 6) is -3.36. The molecule has 0 aliphatic rings. The van der Waals surface area contributed by atoms with E-state index in [1.807, 2.05) is 0 Å². The highest BCUT2D eigenvalue weighted by atomic mass is 19.1. The van der Waals surface area contributed by atoms with Crippen LogP contribution >= 0.6 is 0 Å². The van der Waals surface area contributed by atoms with E-state index >= 15 is 0 Å². The second-order valence-corrected chi connectivity index (χ2v) is 5.19. The molecule has 0 aromatic heterocycles. The number of carbonyl (C=O) groups is 1. The number of nitrogens with one attached hydrogen (secondary N) is 1. The molecule has 6 heteroatoms. The van der Waals surface area contributed by atoms with Crippen LogP contribution in [0.4, 0.5) is 13.2 Å². The monoisotopic (exact) mass is 323 g/mol. The van der Waals surface area contributed by atoms with Gasteiger partial charge in [0.1, 0.15) is 28.6 Å². The zero-order valence-corrected chi connectivity index (χ0v) is 12.7. The van der Waals surface area contributed by atoms with E-state index in [1.165, 1.54) is 31.4 Å². The van der Waals surface area contributed by atoms with E-state index in [0.29, 0.717) is 0 Å². The average Bonchev–Trinajstić information content (AvgIpc) is 2.53. The third-order valence-corrected chi connectivity index (χ3v) is 3.67. The van der Waals surface area contributed by atoms with Gasteiger partial charge in [0, 0.05) is 12.7 Å². The maximum atomic E-state index is 13.9. The van der Waals surface area contributed by atoms with Crippen molar-refractivity contribution >= 4 is 5.91 Å². The van der Waals surface area contributed by atoms with Crippen LogP contribution in [0.3, 0.4) is 0 Å². The molecule has 2 rings (SSSR count). The summed E-state index contributed by atoms with van der Waals surface area (Å²) in [6.45, 7) is 1.42. The summed E-state index contributed by atoms with van der Waals surface area (Å²) in [5, 5.41) is 2.39. The molecule has 0 unspecified atom stereocenters. The Morgan fingerprint density at radius 3 is 2.17 bits per heavy atom. The van der Waals surface area contributed by atoms with E-state index in [-0.39, 0.29) is 12.1 Å². The zero-order chi connectivity index (χ0) is 17.0. The van der Waals surface area contributed by atoms with Crippen LogP contribution in [-0.2, 0) is 10.3 Å². The van der Waals surface area contributed by atoms with E-state index in [2.05, 4.69) is 5.32 Å². The standard InChI is InChI=1S/C17H16F3NO2/c1-17(23-2,11-6-3-4-7-12(11)18)10-21-16(22)15-13(19)8-5-9-14(15)20/h3-9H,10H2,1-2H3,(H,21,22)/t17-/m0/s1. The van der Waals surface area contributed by atoms with Gasteiger partial charge in [-0.3, -0.25) is 4.79 Å². The van der Waals surface area contributed by atoms with Crippen molar-refractivity contribution in [2.24, 2.45) is 0 Å². The van der Waals surface area contributed by atoms with Gasteiger partial charge in [-0.05, 0) is 25.1 Å². The fourth-order valence-electron chi connectivity index (χ4n) is 2.22. The molecule has 0 aliphatic carbocycles. The molecule has 0 aliphatic heterocycles. The van der Waals surface area contributed by atoms with Gasteiger partial charge in [0.15, 0.2) is 0 Å². The van der Waals surface area contributed by atoms with Gasteiger partial charge in [0.05, 0.1) is 6.54 Å². The van der Waals surface area contributed by atoms with Gasteiger partial charge >= 0.3 is 0 Å². The second kappa shape index (κ2) is 6.83. The van der Waals surface area contributed by atoms with E-state index in [4.69, 9.17) is 4.74 Å². The van der Waals surface area contributed by atoms with Crippen LogP contribution in [0.25, 0.3) is 0 Å². The SMILES string of the molecule is CO[C@@](C)(CNC(=O)c1c(F)cccc1F)c1ccccc1F. The van der Waals surface area contributed by atoms with Crippen LogP contribution in [0, 0.1) is 17.5 Å². The minimum atomic E-state index is -1.18. The Labute approximate surface area is 132 Å². The minimum Gasteiger partial charge on any atom is -0.372 e. The first-order valence-corrected chi connectivity index (χ1v) is 6.91. The van der Waals surface area contributed by atoms with Crippen LogP contribution in [0.5, 0.6) is 0 Å². The number of ether oxygens (including phenoxy) is 1. The Balaban J connectivity index is 2.21. The maximum absolute atomic E-state index is 13.9. The number of rotatable bonds is 5. The van der Waals surface area contributed by atoms with E-state index in [1.54, 1.807) is 13.0 Å². The van der Waals surface area contributed by atoms with Crippen molar-refractivity contribution in [3.63, 3.8) is 0 Å². The first kappa shape index (κ1) is 17.0. The molecular formula is C17H16F3NO2. The van der Waals surface area contributed by atoms with Gasteiger partial charge in [-0.15, -0.1) is 0 Å². The molecule has 1 amide bonds. The fraction of sp³-hybridized carbons (Fsp3) is 0.235. The summed E-state index contributed by atoms with van der Waals surface area (Å²) < 4.78 is 46.4. The molecule has 0 saturated carbocycles. The quantitative estimate of drug-likeness (QED) is 0.916. The van der Waals surface area contributed by atoms with Crippen molar-refractivity contribution in [2.75, 3.05) is 13.7 Å². The van der Waals surface area contributed by atoms with Crippen molar-refractivity contribution in [2.45, 2.75) is 12.5 Å². The molecule has 0 spiro atoms. The Kier molecular flexibility index (Phi) is 5.05. The molecule has 0 radical (unpaired) electrons. The summed E-state index contributed by atoms with van der Waals surface area (Å²) in [6, 6.07) is 9.10. The zero-order valence-electron chi connectivity index (χ0n) is 12.7. The molecule has 0 bridgehead atoms. The summed E-state index contributed by atoms with van der Waals surface area (Å²) in [5.41, 5.74) is -1.63. The lowest BCUT2D eigenvalue weighted by atomic mass is 9.95. The molecule has 122 valence electrons. The lowest BCUT2D eigenvalue weighted by Crippen LogP contribution is -2.41. The van der Waals surface area contributed by atoms with Gasteiger partial charge in [-0.2, -0.15) is 0 Å². The Morgan fingerprint density at radius 2 is 1.61 bits per heavy atom. The average molecular weight is 323 g/mol. The molecule has 0 fully saturated rings. The maximum Gasteiger partial charge on any atom is 0.257 e. The van der Waals surface area contributed by atoms with Crippen molar-refractivity contribution < 1.29 is 22.7 Å². The molecule has 0 saturated heterocycles. The van der Waals surface area contributed by atoms with Gasteiger partial charge in [-0.25, -0.2) is 13.2 Å². The highest BCUT2D eigenvalue weighted by Crippen LogP contribution is 2.26. The Bertz CT molecular complexity index is 700. The largest absolute Gasteiger partial charge is 0.372 e. The topological polar surface area (TPSA) is 38.3 Å². The molecule has 1 N–H and O–H groups in total. The lowest BCUT2D eigenvalue weighted by molar-refractivity contribution is 0.000316. The number of methoxy groups -OCH3 is 1. The fourth-order valence-corrected chi connectivity index (χ4v) is 2.22. The molecule has 3 nitrogen and oxygen atoms in total. The van der Waals surface area contributed by atoms with Gasteiger partial charge in [0.2, 0.25) is 0 Å². The van der Waals surface area contributed by atoms with Gasteiger partial charge in [0.25, 0.3) is 5.91 Å². The number of benzene rings is 2. The van der Waals surface area contributed by atoms with Crippen molar-refractivity contribution in [3.8, 4) is 0 Å². The molecular weight excluding hydrogens is 307 g/mol. The number of halogens is 3. The lowest BCUT2D eigenvalue weighted by Gasteiger charge is -2.29. The van der Waals surface area contributed by atoms with Crippen LogP contribution < -0.4 is 5.32 Å². The highest BCUT2D eigenvalue weighted by Gasteiger charge is 2.30. The van der Waals surface area contributed by atoms with Crippen molar-refractivity contribution in [3.05, 3.63) is 71.0 Å². The molecule has 23 heavy (non-hydrogen) atoms. The number of amides is 1. The number of hydrogen-bond donors (Lipinski definition) is 1. The van der Waals surface area contributed by atoms with Gasteiger partial charge in [-0.1, -0.05) is 24.3 Å². The van der Waals surface area contributed by atoms with Crippen LogP contribution in [-0.4, -0.2) is 19.6 Å². The van der Waals surface area contributed by atoms with Crippen LogP contribution in [0.15, 0.2) is 42.5 Å². The molecule has 0 heterocycles. The van der Waals surface area contributed by atoms with Crippen LogP contribution in [0.2, 0.25) is 0 Å². The highest BCUT2D eigenvalue weighted by molar-refractivity contribution is 5.94. The predicted molar refractivity (Wildman–Crippen MR) is 79.5 cm³/mol. The summed E-state index contributed by atoms with van der Waals surface area (Å²) in [7, 11) is 1.36. The van der Waals surface area contributed by atoms with E-state index < -0.39 is 34.5 Å². The van der Waals surface area contributed by atoms with Crippen molar-refractivity contribution in [1.82, 2.24) is 5.32 Å². The smallest absolute Gasteiger partial charge is 0.257 e. The molecule has 2 aromatic rings. The van der Waals surface area contributed by atoms with E-state index in [0.717, 1.165) is 12.1 Å². The minimum absolute atomic E-state index is 0.156. The first-order valence-electron chi connectivity index (χ1n) is 6.91.